The number of hydrogen-bond acceptors (Lipinski definition) is 8. The first-order valence-corrected chi connectivity index (χ1v) is 14.0. The van der Waals surface area contributed by atoms with E-state index in [-0.39, 0.29) is 32.6 Å². The van der Waals surface area contributed by atoms with E-state index in [1.807, 2.05) is 6.92 Å². The maximum Gasteiger partial charge on any atom is 0.472 e. The van der Waals surface area contributed by atoms with Crippen LogP contribution in [0.15, 0.2) is 0 Å². The van der Waals surface area contributed by atoms with Crippen LogP contribution in [0.3, 0.4) is 0 Å². The molecule has 0 saturated heterocycles. The van der Waals surface area contributed by atoms with Gasteiger partial charge in [-0.2, -0.15) is 0 Å². The smallest absolute Gasteiger partial charge is 0.462 e. The van der Waals surface area contributed by atoms with E-state index >= 15 is 0 Å². The van der Waals surface area contributed by atoms with Crippen molar-refractivity contribution in [3.8, 4) is 0 Å². The zero-order chi connectivity index (χ0) is 24.8. The molecule has 0 aromatic heterocycles. The maximum atomic E-state index is 12.2. The van der Waals surface area contributed by atoms with Crippen molar-refractivity contribution in [2.75, 3.05) is 26.4 Å². The van der Waals surface area contributed by atoms with Crippen molar-refractivity contribution in [1.82, 2.24) is 0 Å². The molecule has 0 rings (SSSR count). The van der Waals surface area contributed by atoms with Gasteiger partial charge in [0.05, 0.1) is 13.2 Å². The molecular formula is C23H46NO8P. The molecule has 0 bridgehead atoms. The molecule has 0 spiro atoms. The molecule has 9 nitrogen and oxygen atoms in total. The Hall–Kier alpha value is -0.990. The number of phosphoric ester groups is 1. The molecule has 0 radical (unpaired) electrons. The van der Waals surface area contributed by atoms with Gasteiger partial charge in [0.1, 0.15) is 6.61 Å². The Bertz CT molecular complexity index is 547. The topological polar surface area (TPSA) is 134 Å². The molecule has 196 valence electrons. The zero-order valence-electron chi connectivity index (χ0n) is 20.6. The fraction of sp³-hybridized carbons (Fsp3) is 0.913. The monoisotopic (exact) mass is 495 g/mol. The number of unbranched alkanes of at least 4 members (excludes halogenated alkanes) is 10. The molecule has 2 unspecified atom stereocenters. The number of esters is 2. The van der Waals surface area contributed by atoms with Crippen molar-refractivity contribution >= 4 is 19.8 Å². The fourth-order valence-corrected chi connectivity index (χ4v) is 3.87. The molecule has 3 N–H and O–H groups in total. The second-order valence-electron chi connectivity index (χ2n) is 8.22. The van der Waals surface area contributed by atoms with E-state index in [2.05, 4.69) is 11.4 Å². The van der Waals surface area contributed by atoms with Crippen LogP contribution in [0.4, 0.5) is 0 Å². The predicted molar refractivity (Wildman–Crippen MR) is 128 cm³/mol. The standard InChI is InChI=1S/C23H46NO8P/c1-3-5-7-8-9-10-11-12-14-16-23(26)32-21(19-29-22(25)15-13-6-4-2)20-31-33(27,28)30-18-17-24/h21H,3-20,24H2,1-2H3,(H,27,28). The summed E-state index contributed by atoms with van der Waals surface area (Å²) in [6, 6.07) is 0. The van der Waals surface area contributed by atoms with Crippen LogP contribution in [0.25, 0.3) is 0 Å². The van der Waals surface area contributed by atoms with Gasteiger partial charge in [-0.25, -0.2) is 4.57 Å². The largest absolute Gasteiger partial charge is 0.472 e. The molecule has 0 aromatic carbocycles. The van der Waals surface area contributed by atoms with Gasteiger partial charge in [-0.1, -0.05) is 78.1 Å². The first kappa shape index (κ1) is 32.0. The Morgan fingerprint density at radius 2 is 1.30 bits per heavy atom. The minimum absolute atomic E-state index is 0.0560. The lowest BCUT2D eigenvalue weighted by atomic mass is 10.1. The molecule has 0 aliphatic carbocycles. The number of phosphoric acid groups is 1. The third kappa shape index (κ3) is 21.3. The molecule has 10 heteroatoms. The molecule has 2 atom stereocenters. The molecule has 0 heterocycles. The highest BCUT2D eigenvalue weighted by Gasteiger charge is 2.25. The zero-order valence-corrected chi connectivity index (χ0v) is 21.5. The molecule has 0 aromatic rings. The van der Waals surface area contributed by atoms with Crippen molar-refractivity contribution in [1.29, 1.82) is 0 Å². The third-order valence-electron chi connectivity index (χ3n) is 4.99. The quantitative estimate of drug-likeness (QED) is 0.114. The number of nitrogens with two attached hydrogens (primary N) is 1. The normalized spacial score (nSPS) is 13.9. The number of hydrogen-bond donors (Lipinski definition) is 2. The van der Waals surface area contributed by atoms with E-state index in [0.29, 0.717) is 12.8 Å². The lowest BCUT2D eigenvalue weighted by Crippen LogP contribution is -2.29. The van der Waals surface area contributed by atoms with E-state index in [1.54, 1.807) is 0 Å². The second-order valence-corrected chi connectivity index (χ2v) is 9.67. The van der Waals surface area contributed by atoms with Crippen LogP contribution in [-0.4, -0.2) is 49.3 Å². The summed E-state index contributed by atoms with van der Waals surface area (Å²) in [5.74, 6) is -0.862. The maximum absolute atomic E-state index is 12.2. The Kier molecular flexibility index (Phi) is 20.9. The molecule has 0 saturated carbocycles. The predicted octanol–water partition coefficient (Wildman–Crippen LogP) is 5.03. The van der Waals surface area contributed by atoms with Crippen molar-refractivity contribution in [3.63, 3.8) is 0 Å². The Morgan fingerprint density at radius 3 is 1.91 bits per heavy atom. The Morgan fingerprint density at radius 1 is 0.788 bits per heavy atom. The van der Waals surface area contributed by atoms with Gasteiger partial charge in [0.25, 0.3) is 0 Å². The minimum Gasteiger partial charge on any atom is -0.462 e. The van der Waals surface area contributed by atoms with E-state index in [9.17, 15) is 19.0 Å². The summed E-state index contributed by atoms with van der Waals surface area (Å²) in [4.78, 5) is 33.7. The van der Waals surface area contributed by atoms with E-state index in [1.165, 1.54) is 32.1 Å². The number of carbonyl (C=O) groups excluding carboxylic acids is 2. The van der Waals surface area contributed by atoms with Crippen molar-refractivity contribution in [2.24, 2.45) is 5.73 Å². The van der Waals surface area contributed by atoms with Gasteiger partial charge in [-0.05, 0) is 12.8 Å². The average molecular weight is 496 g/mol. The number of rotatable bonds is 23. The van der Waals surface area contributed by atoms with Crippen molar-refractivity contribution in [2.45, 2.75) is 110 Å². The minimum atomic E-state index is -4.33. The van der Waals surface area contributed by atoms with Crippen LogP contribution in [0.1, 0.15) is 104 Å². The van der Waals surface area contributed by atoms with E-state index in [4.69, 9.17) is 19.7 Å². The summed E-state index contributed by atoms with van der Waals surface area (Å²) >= 11 is 0. The molecule has 0 aliphatic rings. The average Bonchev–Trinajstić information content (AvgIpc) is 2.78. The molecular weight excluding hydrogens is 449 g/mol. The highest BCUT2D eigenvalue weighted by molar-refractivity contribution is 7.47. The summed E-state index contributed by atoms with van der Waals surface area (Å²) in [5, 5.41) is 0. The first-order valence-electron chi connectivity index (χ1n) is 12.5. The van der Waals surface area contributed by atoms with Gasteiger partial charge >= 0.3 is 19.8 Å². The lowest BCUT2D eigenvalue weighted by molar-refractivity contribution is -0.161. The van der Waals surface area contributed by atoms with Crippen LogP contribution in [0.2, 0.25) is 0 Å². The molecule has 0 amide bonds. The van der Waals surface area contributed by atoms with Crippen molar-refractivity contribution < 1.29 is 37.6 Å². The van der Waals surface area contributed by atoms with Crippen molar-refractivity contribution in [3.05, 3.63) is 0 Å². The second kappa shape index (κ2) is 21.5. The Balaban J connectivity index is 4.36. The molecule has 33 heavy (non-hydrogen) atoms. The van der Waals surface area contributed by atoms with Gasteiger partial charge in [0, 0.05) is 19.4 Å². The van der Waals surface area contributed by atoms with Gasteiger partial charge in [0.2, 0.25) is 0 Å². The van der Waals surface area contributed by atoms with Gasteiger partial charge in [-0.3, -0.25) is 18.6 Å². The number of ether oxygens (including phenoxy) is 2. The summed E-state index contributed by atoms with van der Waals surface area (Å²) in [7, 11) is -4.33. The molecule has 0 aliphatic heterocycles. The van der Waals surface area contributed by atoms with Crippen LogP contribution in [-0.2, 0) is 32.7 Å². The van der Waals surface area contributed by atoms with E-state index < -0.39 is 32.5 Å². The molecule has 0 fully saturated rings. The third-order valence-corrected chi connectivity index (χ3v) is 5.98. The summed E-state index contributed by atoms with van der Waals surface area (Å²) in [6.45, 7) is 3.47. The highest BCUT2D eigenvalue weighted by atomic mass is 31.2. The summed E-state index contributed by atoms with van der Waals surface area (Å²) < 4.78 is 31.9. The van der Waals surface area contributed by atoms with Crippen LogP contribution in [0.5, 0.6) is 0 Å². The summed E-state index contributed by atoms with van der Waals surface area (Å²) in [6.07, 6.45) is 12.3. The van der Waals surface area contributed by atoms with Crippen LogP contribution in [0, 0.1) is 0 Å². The van der Waals surface area contributed by atoms with Gasteiger partial charge in [0.15, 0.2) is 6.10 Å². The summed E-state index contributed by atoms with van der Waals surface area (Å²) in [5.41, 5.74) is 5.25. The van der Waals surface area contributed by atoms with E-state index in [0.717, 1.165) is 32.1 Å². The van der Waals surface area contributed by atoms with Gasteiger partial charge in [-0.15, -0.1) is 0 Å². The lowest BCUT2D eigenvalue weighted by Gasteiger charge is -2.19. The fourth-order valence-electron chi connectivity index (χ4n) is 3.10. The Labute approximate surface area is 199 Å². The first-order chi connectivity index (χ1) is 15.8. The van der Waals surface area contributed by atoms with Crippen LogP contribution >= 0.6 is 7.82 Å². The van der Waals surface area contributed by atoms with Gasteiger partial charge < -0.3 is 20.1 Å². The SMILES string of the molecule is CCCCCCCCCCCC(=O)OC(COC(=O)CCCCC)COP(=O)(O)OCCN. The highest BCUT2D eigenvalue weighted by Crippen LogP contribution is 2.43. The van der Waals surface area contributed by atoms with Crippen LogP contribution < -0.4 is 5.73 Å². The number of carbonyl (C=O) groups is 2.